The highest BCUT2D eigenvalue weighted by molar-refractivity contribution is 5.22. The summed E-state index contributed by atoms with van der Waals surface area (Å²) in [5, 5.41) is 10.2. The molecule has 5 unspecified atom stereocenters. The van der Waals surface area contributed by atoms with Crippen LogP contribution >= 0.6 is 0 Å². The fourth-order valence-electron chi connectivity index (χ4n) is 5.94. The molecule has 0 saturated heterocycles. The lowest BCUT2D eigenvalue weighted by atomic mass is 9.54. The fourth-order valence-corrected chi connectivity index (χ4v) is 5.94. The summed E-state index contributed by atoms with van der Waals surface area (Å²) in [6.45, 7) is 0.539. The minimum absolute atomic E-state index is 0.687. The van der Waals surface area contributed by atoms with E-state index in [2.05, 4.69) is 9.47 Å². The summed E-state index contributed by atoms with van der Waals surface area (Å²) in [4.78, 5) is 0. The first-order chi connectivity index (χ1) is 14.5. The summed E-state index contributed by atoms with van der Waals surface area (Å²) in [7, 11) is 0.687. The van der Waals surface area contributed by atoms with Gasteiger partial charge in [-0.15, -0.1) is 0 Å². The van der Waals surface area contributed by atoms with Gasteiger partial charge >= 0.3 is 24.7 Å². The molecule has 15 heteroatoms. The summed E-state index contributed by atoms with van der Waals surface area (Å²) in [5.74, 6) is -6.19. The normalized spacial score (nSPS) is 32.0. The van der Waals surface area contributed by atoms with Crippen LogP contribution in [-0.4, -0.2) is 54.9 Å². The Labute approximate surface area is 180 Å². The second-order valence-corrected chi connectivity index (χ2v) is 8.87. The third-order valence-corrected chi connectivity index (χ3v) is 7.63. The van der Waals surface area contributed by atoms with Crippen LogP contribution in [0, 0.1) is 29.1 Å². The molecule has 2 rings (SSSR count). The Hall–Kier alpha value is -0.960. The predicted octanol–water partition coefficient (Wildman–Crippen LogP) is 6.01. The van der Waals surface area contributed by atoms with E-state index >= 15 is 0 Å². The van der Waals surface area contributed by atoms with Crippen molar-refractivity contribution in [1.29, 1.82) is 0 Å². The standard InChI is InChI=1S/C18H22F12O3/c1-8-9(2)12(14(31,17(25,26)27)18(28,29)30)5-10(8)4-11(12)6-13(15(19,20)21,16(22,23)24)33-7-32-3/h8-11,31H,4-7H2,1-3H3. The average Bonchev–Trinajstić information content (AvgIpc) is 3.09. The van der Waals surface area contributed by atoms with Gasteiger partial charge in [-0.25, -0.2) is 0 Å². The SMILES string of the molecule is COCOC(CC1CC2CC1(C(O)(C(F)(F)F)C(F)(F)F)C(C)C2C)(C(F)(F)F)C(F)(F)F. The van der Waals surface area contributed by atoms with Crippen LogP contribution in [0.2, 0.25) is 0 Å². The molecular weight excluding hydrogens is 492 g/mol. The van der Waals surface area contributed by atoms with Crippen molar-refractivity contribution in [3.8, 4) is 0 Å². The van der Waals surface area contributed by atoms with E-state index in [0.29, 0.717) is 7.11 Å². The number of hydrogen-bond acceptors (Lipinski definition) is 3. The Kier molecular flexibility index (Phi) is 6.89. The van der Waals surface area contributed by atoms with E-state index in [1.54, 1.807) is 0 Å². The Balaban J connectivity index is 2.78. The van der Waals surface area contributed by atoms with Crippen LogP contribution in [-0.2, 0) is 9.47 Å². The van der Waals surface area contributed by atoms with Crippen LogP contribution in [0.15, 0.2) is 0 Å². The van der Waals surface area contributed by atoms with Gasteiger partial charge in [0.05, 0.1) is 0 Å². The number of rotatable bonds is 6. The van der Waals surface area contributed by atoms with Crippen molar-refractivity contribution in [2.45, 2.75) is 69.0 Å². The summed E-state index contributed by atoms with van der Waals surface area (Å²) in [5.41, 5.74) is -14.0. The molecule has 2 aliphatic rings. The molecule has 33 heavy (non-hydrogen) atoms. The molecule has 0 aliphatic heterocycles. The highest BCUT2D eigenvalue weighted by Gasteiger charge is 2.86. The fraction of sp³-hybridized carbons (Fsp3) is 1.00. The molecule has 0 heterocycles. The number of alkyl halides is 12. The van der Waals surface area contributed by atoms with Gasteiger partial charge in [0.25, 0.3) is 11.2 Å². The first-order valence-corrected chi connectivity index (χ1v) is 9.67. The third-order valence-electron chi connectivity index (χ3n) is 7.63. The number of aliphatic hydroxyl groups is 1. The van der Waals surface area contributed by atoms with Crippen LogP contribution in [0.3, 0.4) is 0 Å². The quantitative estimate of drug-likeness (QED) is 0.349. The molecule has 2 bridgehead atoms. The van der Waals surface area contributed by atoms with Crippen molar-refractivity contribution >= 4 is 0 Å². The molecule has 0 aromatic rings. The Morgan fingerprint density at radius 2 is 1.27 bits per heavy atom. The number of hydrogen-bond donors (Lipinski definition) is 1. The zero-order valence-electron chi connectivity index (χ0n) is 17.4. The minimum Gasteiger partial charge on any atom is -0.373 e. The van der Waals surface area contributed by atoms with Crippen molar-refractivity contribution in [3.05, 3.63) is 0 Å². The summed E-state index contributed by atoms with van der Waals surface area (Å²) < 4.78 is 173. The number of fused-ring (bicyclic) bond motifs is 2. The molecule has 3 nitrogen and oxygen atoms in total. The molecule has 0 amide bonds. The molecule has 2 saturated carbocycles. The molecule has 0 spiro atoms. The van der Waals surface area contributed by atoms with Crippen LogP contribution in [0.4, 0.5) is 52.7 Å². The second-order valence-electron chi connectivity index (χ2n) is 8.87. The largest absolute Gasteiger partial charge is 0.426 e. The van der Waals surface area contributed by atoms with E-state index in [0.717, 1.165) is 6.92 Å². The number of methoxy groups -OCH3 is 1. The van der Waals surface area contributed by atoms with Crippen LogP contribution in [0.1, 0.15) is 33.1 Å². The first-order valence-electron chi connectivity index (χ1n) is 9.67. The average molecular weight is 514 g/mol. The van der Waals surface area contributed by atoms with E-state index in [1.807, 2.05) is 0 Å². The topological polar surface area (TPSA) is 38.7 Å². The summed E-state index contributed by atoms with van der Waals surface area (Å²) >= 11 is 0. The van der Waals surface area contributed by atoms with Gasteiger partial charge in [-0.05, 0) is 42.9 Å². The first kappa shape index (κ1) is 28.3. The lowest BCUT2D eigenvalue weighted by Gasteiger charge is -2.54. The van der Waals surface area contributed by atoms with Crippen molar-refractivity contribution in [2.75, 3.05) is 13.9 Å². The van der Waals surface area contributed by atoms with E-state index in [9.17, 15) is 57.8 Å². The van der Waals surface area contributed by atoms with Crippen molar-refractivity contribution in [2.24, 2.45) is 29.1 Å². The highest BCUT2D eigenvalue weighted by Crippen LogP contribution is 2.74. The Morgan fingerprint density at radius 1 is 0.818 bits per heavy atom. The Bertz CT molecular complexity index is 682. The Morgan fingerprint density at radius 3 is 1.61 bits per heavy atom. The van der Waals surface area contributed by atoms with Gasteiger partial charge < -0.3 is 14.6 Å². The van der Waals surface area contributed by atoms with Crippen LogP contribution in [0.5, 0.6) is 0 Å². The van der Waals surface area contributed by atoms with E-state index < -0.39 is 91.0 Å². The maximum atomic E-state index is 13.8. The molecule has 2 aliphatic carbocycles. The maximum Gasteiger partial charge on any atom is 0.426 e. The minimum atomic E-state index is -6.43. The molecule has 5 atom stereocenters. The number of halogens is 12. The van der Waals surface area contributed by atoms with Gasteiger partial charge in [0.2, 0.25) is 0 Å². The maximum absolute atomic E-state index is 13.8. The van der Waals surface area contributed by atoms with Crippen molar-refractivity contribution in [3.63, 3.8) is 0 Å². The van der Waals surface area contributed by atoms with Crippen LogP contribution < -0.4 is 0 Å². The monoisotopic (exact) mass is 514 g/mol. The van der Waals surface area contributed by atoms with Crippen molar-refractivity contribution < 1.29 is 67.3 Å². The molecule has 196 valence electrons. The van der Waals surface area contributed by atoms with E-state index in [4.69, 9.17) is 0 Å². The second kappa shape index (κ2) is 8.04. The summed E-state index contributed by atoms with van der Waals surface area (Å²) in [6, 6.07) is 0. The molecule has 0 aromatic carbocycles. The predicted molar refractivity (Wildman–Crippen MR) is 86.5 cm³/mol. The molecule has 0 aromatic heterocycles. The lowest BCUT2D eigenvalue weighted by molar-refractivity contribution is -0.424. The van der Waals surface area contributed by atoms with Crippen molar-refractivity contribution in [1.82, 2.24) is 0 Å². The molecule has 2 fully saturated rings. The molecule has 1 N–H and O–H groups in total. The lowest BCUT2D eigenvalue weighted by Crippen LogP contribution is -2.71. The highest BCUT2D eigenvalue weighted by atomic mass is 19.4. The van der Waals surface area contributed by atoms with Gasteiger partial charge in [-0.3, -0.25) is 0 Å². The van der Waals surface area contributed by atoms with Gasteiger partial charge in [-0.2, -0.15) is 52.7 Å². The molecule has 0 radical (unpaired) electrons. The van der Waals surface area contributed by atoms with Gasteiger partial charge in [-0.1, -0.05) is 13.8 Å². The number of ether oxygens (including phenoxy) is 2. The van der Waals surface area contributed by atoms with E-state index in [1.165, 1.54) is 6.92 Å². The zero-order valence-corrected chi connectivity index (χ0v) is 17.4. The smallest absolute Gasteiger partial charge is 0.373 e. The van der Waals surface area contributed by atoms with E-state index in [-0.39, 0.29) is 0 Å². The zero-order chi connectivity index (χ0) is 26.1. The third kappa shape index (κ3) is 3.80. The van der Waals surface area contributed by atoms with Gasteiger partial charge in [0.1, 0.15) is 6.79 Å². The summed E-state index contributed by atoms with van der Waals surface area (Å²) in [6.07, 6.45) is -29.6. The molecular formula is C18H22F12O3. The van der Waals surface area contributed by atoms with Gasteiger partial charge in [0.15, 0.2) is 0 Å². The van der Waals surface area contributed by atoms with Gasteiger partial charge in [0, 0.05) is 12.5 Å². The van der Waals surface area contributed by atoms with Crippen LogP contribution in [0.25, 0.3) is 0 Å².